The van der Waals surface area contributed by atoms with Gasteiger partial charge in [-0.25, -0.2) is 9.18 Å². The van der Waals surface area contributed by atoms with Crippen LogP contribution in [0.3, 0.4) is 0 Å². The lowest BCUT2D eigenvalue weighted by Crippen LogP contribution is -2.38. The van der Waals surface area contributed by atoms with Crippen LogP contribution in [0.5, 0.6) is 0 Å². The molecule has 0 aliphatic heterocycles. The number of urea groups is 1. The van der Waals surface area contributed by atoms with Crippen LogP contribution >= 0.6 is 11.3 Å². The van der Waals surface area contributed by atoms with Crippen molar-refractivity contribution in [2.45, 2.75) is 32.2 Å². The summed E-state index contributed by atoms with van der Waals surface area (Å²) in [6.07, 6.45) is 1.78. The number of carbonyl (C=O) groups is 1. The van der Waals surface area contributed by atoms with Crippen LogP contribution in [0.4, 0.5) is 14.3 Å². The fourth-order valence-electron chi connectivity index (χ4n) is 2.01. The molecule has 0 radical (unpaired) electrons. The molecule has 0 fully saturated rings. The lowest BCUT2D eigenvalue weighted by Gasteiger charge is -2.15. The van der Waals surface area contributed by atoms with Crippen molar-refractivity contribution in [2.75, 3.05) is 11.9 Å². The maximum atomic E-state index is 12.9. The average Bonchev–Trinajstić information content (AvgIpc) is 2.96. The zero-order valence-electron chi connectivity index (χ0n) is 12.8. The van der Waals surface area contributed by atoms with Gasteiger partial charge in [-0.3, -0.25) is 5.32 Å². The molecule has 2 amide bonds. The molecule has 1 heterocycles. The summed E-state index contributed by atoms with van der Waals surface area (Å²) in [6.45, 7) is 1.96. The van der Waals surface area contributed by atoms with E-state index < -0.39 is 0 Å². The summed E-state index contributed by atoms with van der Waals surface area (Å²) < 4.78 is 12.9. The Labute approximate surface area is 137 Å². The molecular formula is C15H19FN4O2S. The molecule has 1 aromatic carbocycles. The Balaban J connectivity index is 1.89. The molecule has 3 N–H and O–H groups in total. The molecule has 6 nitrogen and oxygen atoms in total. The van der Waals surface area contributed by atoms with Gasteiger partial charge in [0.15, 0.2) is 0 Å². The number of hydrogen-bond donors (Lipinski definition) is 3. The Bertz CT molecular complexity index is 633. The van der Waals surface area contributed by atoms with E-state index in [2.05, 4.69) is 20.8 Å². The minimum Gasteiger partial charge on any atom is -0.396 e. The Hall–Kier alpha value is -2.06. The highest BCUT2D eigenvalue weighted by Crippen LogP contribution is 2.18. The molecule has 0 saturated carbocycles. The topological polar surface area (TPSA) is 87.1 Å². The molecule has 0 aliphatic carbocycles. The molecular weight excluding hydrogens is 319 g/mol. The van der Waals surface area contributed by atoms with E-state index >= 15 is 0 Å². The van der Waals surface area contributed by atoms with Crippen LogP contribution < -0.4 is 10.6 Å². The van der Waals surface area contributed by atoms with Crippen LogP contribution in [0.25, 0.3) is 0 Å². The number of aromatic nitrogens is 2. The lowest BCUT2D eigenvalue weighted by molar-refractivity contribution is 0.237. The summed E-state index contributed by atoms with van der Waals surface area (Å²) in [5.74, 6) is -0.279. The number of rotatable bonds is 7. The van der Waals surface area contributed by atoms with Gasteiger partial charge < -0.3 is 10.4 Å². The first-order valence-electron chi connectivity index (χ1n) is 7.36. The lowest BCUT2D eigenvalue weighted by atomic mass is 10.2. The van der Waals surface area contributed by atoms with Crippen LogP contribution in [-0.2, 0) is 6.42 Å². The van der Waals surface area contributed by atoms with Crippen molar-refractivity contribution < 1.29 is 14.3 Å². The maximum Gasteiger partial charge on any atom is 0.321 e. The third kappa shape index (κ3) is 5.57. The second-order valence-corrected chi connectivity index (χ2v) is 6.08. The van der Waals surface area contributed by atoms with Gasteiger partial charge in [-0.1, -0.05) is 30.4 Å². The monoisotopic (exact) mass is 338 g/mol. The molecule has 0 aliphatic rings. The van der Waals surface area contributed by atoms with Gasteiger partial charge in [0, 0.05) is 19.1 Å². The van der Waals surface area contributed by atoms with Crippen molar-refractivity contribution in [2.24, 2.45) is 0 Å². The van der Waals surface area contributed by atoms with Gasteiger partial charge in [-0.2, -0.15) is 0 Å². The van der Waals surface area contributed by atoms with Crippen molar-refractivity contribution in [3.63, 3.8) is 0 Å². The van der Waals surface area contributed by atoms with Crippen molar-refractivity contribution >= 4 is 22.5 Å². The summed E-state index contributed by atoms with van der Waals surface area (Å²) in [7, 11) is 0. The van der Waals surface area contributed by atoms with Crippen molar-refractivity contribution in [1.82, 2.24) is 15.5 Å². The molecule has 1 aromatic heterocycles. The average molecular weight is 338 g/mol. The van der Waals surface area contributed by atoms with Gasteiger partial charge >= 0.3 is 6.03 Å². The Kier molecular flexibility index (Phi) is 6.42. The zero-order chi connectivity index (χ0) is 16.7. The third-order valence-corrected chi connectivity index (χ3v) is 4.10. The van der Waals surface area contributed by atoms with Crippen molar-refractivity contribution in [3.8, 4) is 0 Å². The Morgan fingerprint density at radius 3 is 2.74 bits per heavy atom. The number of aliphatic hydroxyl groups is 1. The number of hydrogen-bond acceptors (Lipinski definition) is 5. The Morgan fingerprint density at radius 2 is 2.09 bits per heavy atom. The molecule has 0 spiro atoms. The normalized spacial score (nSPS) is 12.0. The second kappa shape index (κ2) is 8.54. The van der Waals surface area contributed by atoms with Crippen LogP contribution in [0, 0.1) is 5.82 Å². The number of aliphatic hydroxyl groups excluding tert-OH is 1. The van der Waals surface area contributed by atoms with Crippen molar-refractivity contribution in [3.05, 3.63) is 40.7 Å². The first-order valence-corrected chi connectivity index (χ1v) is 8.17. The van der Waals surface area contributed by atoms with Crippen LogP contribution in [0.15, 0.2) is 24.3 Å². The van der Waals surface area contributed by atoms with Gasteiger partial charge in [0.1, 0.15) is 10.8 Å². The second-order valence-electron chi connectivity index (χ2n) is 5.02. The predicted molar refractivity (Wildman–Crippen MR) is 87.1 cm³/mol. The minimum atomic E-state index is -0.366. The van der Waals surface area contributed by atoms with Crippen molar-refractivity contribution in [1.29, 1.82) is 0 Å². The molecule has 0 bridgehead atoms. The highest BCUT2D eigenvalue weighted by molar-refractivity contribution is 7.15. The summed E-state index contributed by atoms with van der Waals surface area (Å²) >= 11 is 1.27. The number of amides is 2. The smallest absolute Gasteiger partial charge is 0.321 e. The first kappa shape index (κ1) is 17.3. The SMILES string of the molecule is CCC(CCO)NC(=O)Nc1nnc(Cc2ccc(F)cc2)s1. The Morgan fingerprint density at radius 1 is 1.35 bits per heavy atom. The van der Waals surface area contributed by atoms with E-state index in [4.69, 9.17) is 5.11 Å². The van der Waals surface area contributed by atoms with Crippen LogP contribution in [-0.4, -0.2) is 34.0 Å². The summed E-state index contributed by atoms with van der Waals surface area (Å²) in [4.78, 5) is 11.9. The van der Waals surface area contributed by atoms with E-state index in [0.717, 1.165) is 17.0 Å². The molecule has 2 rings (SSSR count). The largest absolute Gasteiger partial charge is 0.396 e. The molecule has 8 heteroatoms. The summed E-state index contributed by atoms with van der Waals surface area (Å²) in [5.41, 5.74) is 0.924. The number of nitrogens with zero attached hydrogens (tertiary/aromatic N) is 2. The van der Waals surface area contributed by atoms with E-state index in [0.29, 0.717) is 18.0 Å². The van der Waals surface area contributed by atoms with Crippen LogP contribution in [0.1, 0.15) is 30.3 Å². The highest BCUT2D eigenvalue weighted by Gasteiger charge is 2.12. The number of nitrogens with one attached hydrogen (secondary N) is 2. The minimum absolute atomic E-state index is 0.0272. The molecule has 2 aromatic rings. The maximum absolute atomic E-state index is 12.9. The van der Waals surface area contributed by atoms with Gasteiger partial charge in [0.05, 0.1) is 0 Å². The van der Waals surface area contributed by atoms with Gasteiger partial charge in [-0.05, 0) is 30.5 Å². The zero-order valence-corrected chi connectivity index (χ0v) is 13.6. The molecule has 124 valence electrons. The summed E-state index contributed by atoms with van der Waals surface area (Å²) in [5, 5.41) is 23.4. The summed E-state index contributed by atoms with van der Waals surface area (Å²) in [6, 6.07) is 5.74. The molecule has 23 heavy (non-hydrogen) atoms. The van der Waals surface area contributed by atoms with Gasteiger partial charge in [0.2, 0.25) is 5.13 Å². The number of benzene rings is 1. The molecule has 1 atom stereocenters. The number of halogens is 1. The molecule has 1 unspecified atom stereocenters. The van der Waals surface area contributed by atoms with Gasteiger partial charge in [0.25, 0.3) is 0 Å². The number of carbonyl (C=O) groups excluding carboxylic acids is 1. The third-order valence-electron chi connectivity index (χ3n) is 3.26. The van der Waals surface area contributed by atoms with E-state index in [9.17, 15) is 9.18 Å². The standard InChI is InChI=1S/C15H19FN4O2S/c1-2-12(7-8-21)17-14(22)18-15-20-19-13(23-15)9-10-3-5-11(16)6-4-10/h3-6,12,21H,2,7-9H2,1H3,(H2,17,18,20,22). The van der Waals surface area contributed by atoms with E-state index in [1.165, 1.54) is 23.5 Å². The highest BCUT2D eigenvalue weighted by atomic mass is 32.1. The van der Waals surface area contributed by atoms with Crippen LogP contribution in [0.2, 0.25) is 0 Å². The first-order chi connectivity index (χ1) is 11.1. The predicted octanol–water partition coefficient (Wildman–Crippen LogP) is 2.55. The number of anilines is 1. The quantitative estimate of drug-likeness (QED) is 0.724. The molecule has 0 saturated heterocycles. The van der Waals surface area contributed by atoms with E-state index in [1.54, 1.807) is 12.1 Å². The fourth-order valence-corrected chi connectivity index (χ4v) is 2.77. The van der Waals surface area contributed by atoms with Gasteiger partial charge in [-0.15, -0.1) is 10.2 Å². The fraction of sp³-hybridized carbons (Fsp3) is 0.400. The van der Waals surface area contributed by atoms with E-state index in [1.807, 2.05) is 6.92 Å². The van der Waals surface area contributed by atoms with E-state index in [-0.39, 0.29) is 24.5 Å².